The Bertz CT molecular complexity index is 687. The van der Waals surface area contributed by atoms with E-state index >= 15 is 0 Å². The van der Waals surface area contributed by atoms with E-state index in [0.29, 0.717) is 12.6 Å². The van der Waals surface area contributed by atoms with Gasteiger partial charge in [0.15, 0.2) is 11.8 Å². The van der Waals surface area contributed by atoms with Crippen LogP contribution >= 0.6 is 24.0 Å². The van der Waals surface area contributed by atoms with Gasteiger partial charge in [0.2, 0.25) is 0 Å². The molecule has 0 bridgehead atoms. The van der Waals surface area contributed by atoms with Gasteiger partial charge in [-0.2, -0.15) is 0 Å². The van der Waals surface area contributed by atoms with Crippen molar-refractivity contribution >= 4 is 29.9 Å². The Morgan fingerprint density at radius 2 is 1.96 bits per heavy atom. The van der Waals surface area contributed by atoms with Gasteiger partial charge in [-0.15, -0.1) is 34.2 Å². The smallest absolute Gasteiger partial charge is 0.191 e. The van der Waals surface area contributed by atoms with Crippen LogP contribution in [-0.4, -0.2) is 51.8 Å². The molecule has 1 aromatic carbocycles. The summed E-state index contributed by atoms with van der Waals surface area (Å²) in [7, 11) is 2.18. The molecule has 1 aromatic heterocycles. The number of nitrogens with one attached hydrogen (secondary N) is 2. The van der Waals surface area contributed by atoms with Crippen LogP contribution in [0.5, 0.6) is 0 Å². The number of aromatic nitrogens is 3. The number of halogens is 1. The minimum Gasteiger partial charge on any atom is -0.357 e. The van der Waals surface area contributed by atoms with Crippen molar-refractivity contribution in [3.63, 3.8) is 0 Å². The van der Waals surface area contributed by atoms with Crippen LogP contribution in [0.2, 0.25) is 0 Å². The Labute approximate surface area is 186 Å². The first-order valence-electron chi connectivity index (χ1n) is 9.77. The van der Waals surface area contributed by atoms with Crippen molar-refractivity contribution in [2.45, 2.75) is 52.9 Å². The fourth-order valence-corrected chi connectivity index (χ4v) is 2.80. The van der Waals surface area contributed by atoms with Crippen LogP contribution < -0.4 is 10.6 Å². The summed E-state index contributed by atoms with van der Waals surface area (Å²) in [5.41, 5.74) is 1.34. The molecule has 2 N–H and O–H groups in total. The van der Waals surface area contributed by atoms with E-state index in [9.17, 15) is 0 Å². The minimum absolute atomic E-state index is 0. The van der Waals surface area contributed by atoms with Gasteiger partial charge >= 0.3 is 0 Å². The zero-order valence-electron chi connectivity index (χ0n) is 17.4. The zero-order chi connectivity index (χ0) is 19.5. The standard InChI is InChI=1S/C20H33N7.HI/c1-5-21-20(23-14-19-25-24-16-27(19)6-2)22-13-12-17(3)26(4)15-18-10-8-7-9-11-18;/h7-11,16-17H,5-6,12-15H2,1-4H3,(H2,21,22,23);1H. The van der Waals surface area contributed by atoms with Gasteiger partial charge < -0.3 is 15.2 Å². The summed E-state index contributed by atoms with van der Waals surface area (Å²) in [4.78, 5) is 7.01. The topological polar surface area (TPSA) is 70.4 Å². The second-order valence-corrected chi connectivity index (χ2v) is 6.69. The lowest BCUT2D eigenvalue weighted by atomic mass is 10.1. The van der Waals surface area contributed by atoms with Gasteiger partial charge in [0, 0.05) is 32.2 Å². The van der Waals surface area contributed by atoms with E-state index in [1.54, 1.807) is 6.33 Å². The summed E-state index contributed by atoms with van der Waals surface area (Å²) in [5.74, 6) is 1.70. The highest BCUT2D eigenvalue weighted by atomic mass is 127. The van der Waals surface area contributed by atoms with E-state index in [0.717, 1.165) is 44.4 Å². The molecular formula is C20H34IN7. The first-order chi connectivity index (χ1) is 13.1. The summed E-state index contributed by atoms with van der Waals surface area (Å²) < 4.78 is 2.01. The third kappa shape index (κ3) is 8.14. The van der Waals surface area contributed by atoms with Crippen LogP contribution in [0.3, 0.4) is 0 Å². The maximum absolute atomic E-state index is 4.63. The fraction of sp³-hybridized carbons (Fsp3) is 0.550. The zero-order valence-corrected chi connectivity index (χ0v) is 19.8. The van der Waals surface area contributed by atoms with Crippen molar-refractivity contribution in [2.75, 3.05) is 20.1 Å². The van der Waals surface area contributed by atoms with Gasteiger partial charge in [-0.05, 0) is 39.8 Å². The summed E-state index contributed by atoms with van der Waals surface area (Å²) in [6.07, 6.45) is 2.79. The summed E-state index contributed by atoms with van der Waals surface area (Å²) in [5, 5.41) is 14.8. The number of aryl methyl sites for hydroxylation is 1. The van der Waals surface area contributed by atoms with Gasteiger partial charge in [0.25, 0.3) is 0 Å². The van der Waals surface area contributed by atoms with E-state index in [-0.39, 0.29) is 24.0 Å². The third-order valence-corrected chi connectivity index (χ3v) is 4.64. The first-order valence-corrected chi connectivity index (χ1v) is 9.77. The van der Waals surface area contributed by atoms with Crippen LogP contribution in [0.15, 0.2) is 41.7 Å². The molecule has 1 unspecified atom stereocenters. The molecule has 0 fully saturated rings. The molecule has 0 radical (unpaired) electrons. The molecule has 8 heteroatoms. The lowest BCUT2D eigenvalue weighted by Crippen LogP contribution is -2.40. The second kappa shape index (κ2) is 13.5. The SMILES string of the molecule is CCNC(=NCc1nncn1CC)NCCC(C)N(C)Cc1ccccc1.I. The number of rotatable bonds is 10. The molecule has 7 nitrogen and oxygen atoms in total. The highest BCUT2D eigenvalue weighted by molar-refractivity contribution is 14.0. The van der Waals surface area contributed by atoms with Crippen LogP contribution in [0.4, 0.5) is 0 Å². The molecule has 0 saturated carbocycles. The van der Waals surface area contributed by atoms with E-state index in [1.165, 1.54) is 5.56 Å². The molecule has 2 aromatic rings. The largest absolute Gasteiger partial charge is 0.357 e. The molecule has 1 atom stereocenters. The number of hydrogen-bond donors (Lipinski definition) is 2. The van der Waals surface area contributed by atoms with Gasteiger partial charge in [0.05, 0.1) is 0 Å². The Kier molecular flexibility index (Phi) is 11.7. The molecular weight excluding hydrogens is 465 g/mol. The number of hydrogen-bond acceptors (Lipinski definition) is 4. The number of benzene rings is 1. The molecule has 156 valence electrons. The number of aliphatic imine (C=N–C) groups is 1. The highest BCUT2D eigenvalue weighted by Crippen LogP contribution is 2.07. The lowest BCUT2D eigenvalue weighted by Gasteiger charge is -2.25. The molecule has 0 aliphatic carbocycles. The normalized spacial score (nSPS) is 12.5. The van der Waals surface area contributed by atoms with Gasteiger partial charge in [-0.25, -0.2) is 4.99 Å². The van der Waals surface area contributed by atoms with Crippen molar-refractivity contribution in [1.29, 1.82) is 0 Å². The van der Waals surface area contributed by atoms with E-state index < -0.39 is 0 Å². The van der Waals surface area contributed by atoms with Gasteiger partial charge in [-0.3, -0.25) is 4.90 Å². The Balaban J connectivity index is 0.00000392. The predicted molar refractivity (Wildman–Crippen MR) is 126 cm³/mol. The Morgan fingerprint density at radius 1 is 1.21 bits per heavy atom. The molecule has 0 aliphatic heterocycles. The third-order valence-electron chi connectivity index (χ3n) is 4.64. The average Bonchev–Trinajstić information content (AvgIpc) is 3.14. The fourth-order valence-electron chi connectivity index (χ4n) is 2.80. The Morgan fingerprint density at radius 3 is 2.64 bits per heavy atom. The van der Waals surface area contributed by atoms with Crippen LogP contribution in [0.25, 0.3) is 0 Å². The highest BCUT2D eigenvalue weighted by Gasteiger charge is 2.10. The minimum atomic E-state index is 0. The van der Waals surface area contributed by atoms with Crippen molar-refractivity contribution in [3.8, 4) is 0 Å². The molecule has 0 aliphatic rings. The molecule has 28 heavy (non-hydrogen) atoms. The van der Waals surface area contributed by atoms with E-state index in [4.69, 9.17) is 0 Å². The summed E-state index contributed by atoms with van der Waals surface area (Å²) in [6, 6.07) is 11.1. The molecule has 0 saturated heterocycles. The van der Waals surface area contributed by atoms with Gasteiger partial charge in [-0.1, -0.05) is 30.3 Å². The maximum atomic E-state index is 4.63. The molecule has 2 rings (SSSR count). The number of nitrogens with zero attached hydrogens (tertiary/aromatic N) is 5. The van der Waals surface area contributed by atoms with Gasteiger partial charge in [0.1, 0.15) is 12.9 Å². The summed E-state index contributed by atoms with van der Waals surface area (Å²) in [6.45, 7) is 10.4. The van der Waals surface area contributed by atoms with Crippen molar-refractivity contribution in [3.05, 3.63) is 48.0 Å². The summed E-state index contributed by atoms with van der Waals surface area (Å²) >= 11 is 0. The number of guanidine groups is 1. The van der Waals surface area contributed by atoms with Crippen molar-refractivity contribution in [2.24, 2.45) is 4.99 Å². The monoisotopic (exact) mass is 499 g/mol. The molecule has 1 heterocycles. The van der Waals surface area contributed by atoms with E-state index in [2.05, 4.69) is 88.9 Å². The molecule has 0 spiro atoms. The van der Waals surface area contributed by atoms with Crippen molar-refractivity contribution in [1.82, 2.24) is 30.3 Å². The van der Waals surface area contributed by atoms with Crippen LogP contribution in [-0.2, 0) is 19.6 Å². The maximum Gasteiger partial charge on any atom is 0.191 e. The molecule has 0 amide bonds. The average molecular weight is 499 g/mol. The van der Waals surface area contributed by atoms with E-state index in [1.807, 2.05) is 4.57 Å². The Hall–Kier alpha value is -1.68. The quantitative estimate of drug-likeness (QED) is 0.299. The van der Waals surface area contributed by atoms with Crippen LogP contribution in [0, 0.1) is 0 Å². The first kappa shape index (κ1) is 24.4. The second-order valence-electron chi connectivity index (χ2n) is 6.69. The van der Waals surface area contributed by atoms with Crippen LogP contribution in [0.1, 0.15) is 38.6 Å². The predicted octanol–water partition coefficient (Wildman–Crippen LogP) is 2.88. The lowest BCUT2D eigenvalue weighted by molar-refractivity contribution is 0.238. The van der Waals surface area contributed by atoms with Crippen molar-refractivity contribution < 1.29 is 0 Å².